The number of carbonyl (C=O) groups excluding carboxylic acids is 1. The maximum atomic E-state index is 12.9. The van der Waals surface area contributed by atoms with E-state index in [1.54, 1.807) is 18.1 Å². The zero-order valence-corrected chi connectivity index (χ0v) is 17.5. The van der Waals surface area contributed by atoms with Crippen LogP contribution in [0, 0.1) is 11.3 Å². The summed E-state index contributed by atoms with van der Waals surface area (Å²) in [5.41, 5.74) is 4.77. The van der Waals surface area contributed by atoms with Gasteiger partial charge in [0.05, 0.1) is 24.4 Å². The predicted octanol–water partition coefficient (Wildman–Crippen LogP) is 5.05. The summed E-state index contributed by atoms with van der Waals surface area (Å²) in [6.07, 6.45) is 1.88. The largest absolute Gasteiger partial charge is 0.493 e. The first kappa shape index (κ1) is 20.2. The standard InChI is InChI=1S/C26H22N2O3/c1-3-28-23-11-7-6-10-21(23)22(26(28)29)14-18-12-13-24(25(15-18)30-2)31-17-20-9-5-4-8-19(20)16-27/h4-15H,3,17H2,1-2H3/b22-14-. The highest BCUT2D eigenvalue weighted by Crippen LogP contribution is 2.38. The van der Waals surface area contributed by atoms with Gasteiger partial charge >= 0.3 is 0 Å². The molecule has 0 radical (unpaired) electrons. The van der Waals surface area contributed by atoms with E-state index in [1.807, 2.05) is 73.7 Å². The molecule has 1 heterocycles. The van der Waals surface area contributed by atoms with Gasteiger partial charge in [-0.3, -0.25) is 4.79 Å². The molecule has 0 saturated carbocycles. The average molecular weight is 410 g/mol. The number of nitrogens with zero attached hydrogens (tertiary/aromatic N) is 2. The number of hydrogen-bond acceptors (Lipinski definition) is 4. The summed E-state index contributed by atoms with van der Waals surface area (Å²) in [5.74, 6) is 1.14. The van der Waals surface area contributed by atoms with Gasteiger partial charge in [0, 0.05) is 23.2 Å². The van der Waals surface area contributed by atoms with Crippen LogP contribution in [0.3, 0.4) is 0 Å². The lowest BCUT2D eigenvalue weighted by Gasteiger charge is -2.13. The van der Waals surface area contributed by atoms with Crippen molar-refractivity contribution in [2.45, 2.75) is 13.5 Å². The van der Waals surface area contributed by atoms with Gasteiger partial charge in [-0.2, -0.15) is 5.26 Å². The number of methoxy groups -OCH3 is 1. The molecule has 0 atom stereocenters. The molecule has 1 amide bonds. The molecule has 0 N–H and O–H groups in total. The number of hydrogen-bond donors (Lipinski definition) is 0. The van der Waals surface area contributed by atoms with Crippen LogP contribution >= 0.6 is 0 Å². The zero-order chi connectivity index (χ0) is 21.8. The Kier molecular flexibility index (Phi) is 5.72. The minimum absolute atomic E-state index is 0.00361. The van der Waals surface area contributed by atoms with Gasteiger partial charge in [0.2, 0.25) is 0 Å². The van der Waals surface area contributed by atoms with Crippen molar-refractivity contribution in [2.75, 3.05) is 18.6 Å². The Morgan fingerprint density at radius 3 is 2.58 bits per heavy atom. The number of nitriles is 1. The molecule has 5 heteroatoms. The SMILES string of the molecule is CCN1C(=O)/C(=C\c2ccc(OCc3ccccc3C#N)c(OC)c2)c2ccccc21. The number of fused-ring (bicyclic) bond motifs is 1. The van der Waals surface area contributed by atoms with Crippen molar-refractivity contribution in [3.8, 4) is 17.6 Å². The van der Waals surface area contributed by atoms with Crippen molar-refractivity contribution >= 4 is 23.2 Å². The third-order valence-electron chi connectivity index (χ3n) is 5.30. The Morgan fingerprint density at radius 1 is 1.03 bits per heavy atom. The normalized spacial score (nSPS) is 13.8. The molecule has 1 aliphatic heterocycles. The Labute approximate surface area is 181 Å². The molecule has 0 unspecified atom stereocenters. The lowest BCUT2D eigenvalue weighted by atomic mass is 10.0. The van der Waals surface area contributed by atoms with Crippen molar-refractivity contribution in [3.05, 3.63) is 89.0 Å². The molecule has 3 aromatic rings. The van der Waals surface area contributed by atoms with Gasteiger partial charge < -0.3 is 14.4 Å². The van der Waals surface area contributed by atoms with E-state index in [0.717, 1.165) is 22.4 Å². The first-order valence-corrected chi connectivity index (χ1v) is 10.1. The van der Waals surface area contributed by atoms with Gasteiger partial charge in [0.15, 0.2) is 11.5 Å². The summed E-state index contributed by atoms with van der Waals surface area (Å²) in [7, 11) is 1.58. The molecule has 154 valence electrons. The third-order valence-corrected chi connectivity index (χ3v) is 5.30. The maximum absolute atomic E-state index is 12.9. The van der Waals surface area contributed by atoms with Gasteiger partial charge in [0.1, 0.15) is 6.61 Å². The minimum atomic E-state index is -0.00361. The number of ether oxygens (including phenoxy) is 2. The van der Waals surface area contributed by atoms with Crippen LogP contribution in [0.1, 0.15) is 29.2 Å². The van der Waals surface area contributed by atoms with Crippen molar-refractivity contribution in [3.63, 3.8) is 0 Å². The number of amides is 1. The van der Waals surface area contributed by atoms with Gasteiger partial charge in [-0.25, -0.2) is 0 Å². The molecule has 4 rings (SSSR count). The lowest BCUT2D eigenvalue weighted by molar-refractivity contribution is -0.112. The quantitative estimate of drug-likeness (QED) is 0.533. The van der Waals surface area contributed by atoms with E-state index in [1.165, 1.54) is 0 Å². The minimum Gasteiger partial charge on any atom is -0.493 e. The molecule has 1 aliphatic rings. The van der Waals surface area contributed by atoms with Gasteiger partial charge in [-0.05, 0) is 42.8 Å². The Bertz CT molecular complexity index is 1210. The van der Waals surface area contributed by atoms with E-state index in [4.69, 9.17) is 9.47 Å². The maximum Gasteiger partial charge on any atom is 0.258 e. The van der Waals surface area contributed by atoms with E-state index in [-0.39, 0.29) is 12.5 Å². The molecule has 0 aliphatic carbocycles. The van der Waals surface area contributed by atoms with Crippen LogP contribution in [0.15, 0.2) is 66.7 Å². The van der Waals surface area contributed by atoms with Gasteiger partial charge in [-0.15, -0.1) is 0 Å². The number of carbonyl (C=O) groups is 1. The number of para-hydroxylation sites is 1. The summed E-state index contributed by atoms with van der Waals surface area (Å²) in [4.78, 5) is 14.7. The summed E-state index contributed by atoms with van der Waals surface area (Å²) < 4.78 is 11.4. The second-order valence-corrected chi connectivity index (χ2v) is 7.09. The van der Waals surface area contributed by atoms with E-state index in [2.05, 4.69) is 6.07 Å². The van der Waals surface area contributed by atoms with Gasteiger partial charge in [-0.1, -0.05) is 42.5 Å². The topological polar surface area (TPSA) is 62.6 Å². The number of likely N-dealkylation sites (N-methyl/N-ethyl adjacent to an activating group) is 1. The summed E-state index contributed by atoms with van der Waals surface area (Å²) in [5, 5.41) is 9.25. The highest BCUT2D eigenvalue weighted by atomic mass is 16.5. The molecule has 0 spiro atoms. The van der Waals surface area contributed by atoms with Crippen LogP contribution in [-0.2, 0) is 11.4 Å². The lowest BCUT2D eigenvalue weighted by Crippen LogP contribution is -2.25. The van der Waals surface area contributed by atoms with Crippen LogP contribution in [0.2, 0.25) is 0 Å². The number of rotatable bonds is 6. The first-order chi connectivity index (χ1) is 15.2. The molecular formula is C26H22N2O3. The number of benzene rings is 3. The Morgan fingerprint density at radius 2 is 1.81 bits per heavy atom. The second-order valence-electron chi connectivity index (χ2n) is 7.09. The molecule has 0 bridgehead atoms. The van der Waals surface area contributed by atoms with Crippen LogP contribution < -0.4 is 14.4 Å². The van der Waals surface area contributed by atoms with Crippen LogP contribution in [0.4, 0.5) is 5.69 Å². The molecule has 0 fully saturated rings. The second kappa shape index (κ2) is 8.76. The summed E-state index contributed by atoms with van der Waals surface area (Å²) in [6.45, 7) is 2.85. The Hall–Kier alpha value is -4.04. The van der Waals surface area contributed by atoms with Crippen LogP contribution in [0.25, 0.3) is 11.6 Å². The fourth-order valence-corrected chi connectivity index (χ4v) is 3.73. The summed E-state index contributed by atoms with van der Waals surface area (Å²) in [6, 6.07) is 22.9. The molecule has 3 aromatic carbocycles. The number of anilines is 1. The fourth-order valence-electron chi connectivity index (χ4n) is 3.73. The third kappa shape index (κ3) is 3.88. The predicted molar refractivity (Wildman–Crippen MR) is 121 cm³/mol. The average Bonchev–Trinajstić information content (AvgIpc) is 3.08. The van der Waals surface area contributed by atoms with E-state index < -0.39 is 0 Å². The van der Waals surface area contributed by atoms with E-state index in [9.17, 15) is 10.1 Å². The van der Waals surface area contributed by atoms with Crippen molar-refractivity contribution in [1.82, 2.24) is 0 Å². The zero-order valence-electron chi connectivity index (χ0n) is 17.5. The van der Waals surface area contributed by atoms with Crippen molar-refractivity contribution in [1.29, 1.82) is 5.26 Å². The highest BCUT2D eigenvalue weighted by molar-refractivity contribution is 6.35. The Balaban J connectivity index is 1.62. The van der Waals surface area contributed by atoms with E-state index >= 15 is 0 Å². The molecule has 5 nitrogen and oxygen atoms in total. The highest BCUT2D eigenvalue weighted by Gasteiger charge is 2.30. The monoisotopic (exact) mass is 410 g/mol. The fraction of sp³-hybridized carbons (Fsp3) is 0.154. The molecule has 0 aromatic heterocycles. The van der Waals surface area contributed by atoms with Crippen LogP contribution in [-0.4, -0.2) is 19.6 Å². The summed E-state index contributed by atoms with van der Waals surface area (Å²) >= 11 is 0. The molecule has 0 saturated heterocycles. The van der Waals surface area contributed by atoms with Crippen molar-refractivity contribution < 1.29 is 14.3 Å². The van der Waals surface area contributed by atoms with Gasteiger partial charge in [0.25, 0.3) is 5.91 Å². The smallest absolute Gasteiger partial charge is 0.258 e. The van der Waals surface area contributed by atoms with E-state index in [0.29, 0.717) is 29.2 Å². The molecule has 31 heavy (non-hydrogen) atoms. The first-order valence-electron chi connectivity index (χ1n) is 10.1. The van der Waals surface area contributed by atoms with Crippen LogP contribution in [0.5, 0.6) is 11.5 Å². The molecular weight excluding hydrogens is 388 g/mol. The van der Waals surface area contributed by atoms with Crippen molar-refractivity contribution in [2.24, 2.45) is 0 Å².